The zero-order chi connectivity index (χ0) is 28.8. The molecule has 41 heavy (non-hydrogen) atoms. The van der Waals surface area contributed by atoms with Crippen molar-refractivity contribution in [2.75, 3.05) is 13.1 Å². The van der Waals surface area contributed by atoms with Crippen LogP contribution in [-0.4, -0.2) is 55.1 Å². The van der Waals surface area contributed by atoms with Gasteiger partial charge in [-0.1, -0.05) is 45.2 Å². The van der Waals surface area contributed by atoms with Crippen LogP contribution in [0.3, 0.4) is 0 Å². The van der Waals surface area contributed by atoms with Crippen molar-refractivity contribution >= 4 is 51.8 Å². The summed E-state index contributed by atoms with van der Waals surface area (Å²) in [6.45, 7) is 6.78. The fourth-order valence-electron chi connectivity index (χ4n) is 5.15. The monoisotopic (exact) mass is 614 g/mol. The lowest BCUT2D eigenvalue weighted by molar-refractivity contribution is -0.00783. The molecule has 13 heteroatoms. The van der Waals surface area contributed by atoms with Crippen molar-refractivity contribution in [3.8, 4) is 16.9 Å². The number of hydrogen-bond donors (Lipinski definition) is 0. The number of furan rings is 1. The molecule has 1 fully saturated rings. The lowest BCUT2D eigenvalue weighted by atomic mass is 10.0. The van der Waals surface area contributed by atoms with Gasteiger partial charge in [0, 0.05) is 23.7 Å². The molecule has 0 aliphatic carbocycles. The van der Waals surface area contributed by atoms with E-state index in [9.17, 15) is 4.79 Å². The zero-order valence-electron chi connectivity index (χ0n) is 22.4. The first-order valence-corrected chi connectivity index (χ1v) is 14.1. The Kier molecular flexibility index (Phi) is 7.50. The summed E-state index contributed by atoms with van der Waals surface area (Å²) in [5, 5.41) is 14.2. The van der Waals surface area contributed by atoms with Gasteiger partial charge in [-0.05, 0) is 57.9 Å². The smallest absolute Gasteiger partial charge is 0.259 e. The van der Waals surface area contributed by atoms with E-state index < -0.39 is 0 Å². The Morgan fingerprint density at radius 1 is 1.12 bits per heavy atom. The predicted molar refractivity (Wildman–Crippen MR) is 154 cm³/mol. The van der Waals surface area contributed by atoms with Crippen LogP contribution in [-0.2, 0) is 11.3 Å². The molecule has 4 aromatic heterocycles. The van der Waals surface area contributed by atoms with Crippen LogP contribution >= 0.6 is 34.8 Å². The standard InChI is InChI=1S/C28H25Cl3N6O4/c1-14-7-20(16(3)40-14)24-10-21(25-15(2)34-41-27(25)32-24)28(38)36-6-4-5-19(12-36)39-13-18-11-37(35-33-18)26-22(30)8-17(29)9-23(26)31/h7-11,19H,4-6,12-13H2,1-3H3. The van der Waals surface area contributed by atoms with E-state index in [0.29, 0.717) is 73.4 Å². The number of fused-ring (bicyclic) bond motifs is 1. The average Bonchev–Trinajstić information content (AvgIpc) is 3.64. The highest BCUT2D eigenvalue weighted by Crippen LogP contribution is 2.33. The van der Waals surface area contributed by atoms with Gasteiger partial charge in [0.2, 0.25) is 0 Å². The van der Waals surface area contributed by atoms with Crippen molar-refractivity contribution in [3.63, 3.8) is 0 Å². The van der Waals surface area contributed by atoms with E-state index >= 15 is 0 Å². The summed E-state index contributed by atoms with van der Waals surface area (Å²) in [5.74, 6) is 1.35. The number of hydrogen-bond acceptors (Lipinski definition) is 8. The molecule has 0 spiro atoms. The molecule has 0 bridgehead atoms. The molecule has 6 rings (SSSR count). The third kappa shape index (κ3) is 5.44. The van der Waals surface area contributed by atoms with E-state index in [0.717, 1.165) is 24.2 Å². The van der Waals surface area contributed by atoms with Crippen LogP contribution in [0.25, 0.3) is 28.0 Å². The van der Waals surface area contributed by atoms with Gasteiger partial charge < -0.3 is 18.6 Å². The Hall–Kier alpha value is -3.44. The maximum Gasteiger partial charge on any atom is 0.259 e. The lowest BCUT2D eigenvalue weighted by Crippen LogP contribution is -2.43. The maximum atomic E-state index is 13.9. The number of carbonyl (C=O) groups is 1. The van der Waals surface area contributed by atoms with Gasteiger partial charge in [-0.25, -0.2) is 9.67 Å². The minimum atomic E-state index is -0.181. The van der Waals surface area contributed by atoms with Crippen molar-refractivity contribution in [2.45, 2.75) is 46.3 Å². The van der Waals surface area contributed by atoms with E-state index in [1.165, 1.54) is 4.68 Å². The molecule has 1 aliphatic rings. The number of halogens is 3. The quantitative estimate of drug-likeness (QED) is 0.206. The van der Waals surface area contributed by atoms with Gasteiger partial charge in [0.15, 0.2) is 0 Å². The Morgan fingerprint density at radius 3 is 2.63 bits per heavy atom. The minimum Gasteiger partial charge on any atom is -0.466 e. The number of benzene rings is 1. The molecule has 0 radical (unpaired) electrons. The Bertz CT molecular complexity index is 1750. The Balaban J connectivity index is 1.19. The van der Waals surface area contributed by atoms with Gasteiger partial charge in [-0.15, -0.1) is 5.10 Å². The molecule has 10 nitrogen and oxygen atoms in total. The van der Waals surface area contributed by atoms with Gasteiger partial charge in [-0.2, -0.15) is 0 Å². The van der Waals surface area contributed by atoms with Gasteiger partial charge in [0.25, 0.3) is 11.6 Å². The molecule has 5 heterocycles. The second-order valence-corrected chi connectivity index (χ2v) is 11.3. The molecule has 0 saturated carbocycles. The van der Waals surface area contributed by atoms with Crippen LogP contribution in [0.5, 0.6) is 0 Å². The summed E-state index contributed by atoms with van der Waals surface area (Å²) in [6.07, 6.45) is 3.13. The summed E-state index contributed by atoms with van der Waals surface area (Å²) in [7, 11) is 0. The number of carbonyl (C=O) groups excluding carboxylic acids is 1. The number of rotatable bonds is 6. The highest BCUT2D eigenvalue weighted by atomic mass is 35.5. The molecule has 212 valence electrons. The number of amides is 1. The largest absolute Gasteiger partial charge is 0.466 e. The molecular formula is C28H25Cl3N6O4. The van der Waals surface area contributed by atoms with E-state index in [1.54, 1.807) is 36.2 Å². The summed E-state index contributed by atoms with van der Waals surface area (Å²) in [5.41, 5.74) is 3.90. The number of ether oxygens (including phenoxy) is 1. The Labute approximate surface area is 250 Å². The normalized spacial score (nSPS) is 15.7. The van der Waals surface area contributed by atoms with Crippen LogP contribution in [0, 0.1) is 20.8 Å². The second kappa shape index (κ2) is 11.1. The first-order chi connectivity index (χ1) is 19.7. The number of likely N-dealkylation sites (tertiary alicyclic amines) is 1. The van der Waals surface area contributed by atoms with E-state index in [4.69, 9.17) is 48.5 Å². The Morgan fingerprint density at radius 2 is 1.90 bits per heavy atom. The number of piperidine rings is 1. The van der Waals surface area contributed by atoms with Crippen LogP contribution in [0.15, 0.2) is 39.4 Å². The molecule has 1 saturated heterocycles. The third-order valence-corrected chi connectivity index (χ3v) is 7.84. The fraction of sp³-hybridized carbons (Fsp3) is 0.321. The molecule has 1 amide bonds. The number of aryl methyl sites for hydroxylation is 3. The van der Waals surface area contributed by atoms with Gasteiger partial charge in [-0.3, -0.25) is 4.79 Å². The van der Waals surface area contributed by atoms with Crippen molar-refractivity contribution in [2.24, 2.45) is 0 Å². The number of aromatic nitrogens is 5. The second-order valence-electron chi connectivity index (χ2n) is 10.0. The molecule has 1 atom stereocenters. The van der Waals surface area contributed by atoms with Crippen molar-refractivity contribution in [1.29, 1.82) is 0 Å². The first-order valence-electron chi connectivity index (χ1n) is 13.0. The van der Waals surface area contributed by atoms with Crippen molar-refractivity contribution < 1.29 is 18.5 Å². The van der Waals surface area contributed by atoms with Crippen molar-refractivity contribution in [3.05, 3.63) is 74.0 Å². The van der Waals surface area contributed by atoms with Crippen LogP contribution < -0.4 is 0 Å². The highest BCUT2D eigenvalue weighted by Gasteiger charge is 2.29. The summed E-state index contributed by atoms with van der Waals surface area (Å²) in [4.78, 5) is 20.3. The molecule has 1 unspecified atom stereocenters. The SMILES string of the molecule is Cc1cc(-c2cc(C(=O)N3CCCC(OCc4cn(-c5c(Cl)cc(Cl)cc5Cl)nn4)C3)c3c(C)noc3n2)c(C)o1. The van der Waals surface area contributed by atoms with E-state index in [1.807, 2.05) is 19.9 Å². The maximum absolute atomic E-state index is 13.9. The molecule has 1 aliphatic heterocycles. The van der Waals surface area contributed by atoms with Crippen LogP contribution in [0.4, 0.5) is 0 Å². The number of nitrogens with zero attached hydrogens (tertiary/aromatic N) is 6. The van der Waals surface area contributed by atoms with Crippen LogP contribution in [0.1, 0.15) is 46.1 Å². The van der Waals surface area contributed by atoms with Gasteiger partial charge in [0.1, 0.15) is 22.9 Å². The topological polar surface area (TPSA) is 112 Å². The lowest BCUT2D eigenvalue weighted by Gasteiger charge is -2.32. The first kappa shape index (κ1) is 27.7. The van der Waals surface area contributed by atoms with Crippen LogP contribution in [0.2, 0.25) is 15.1 Å². The van der Waals surface area contributed by atoms with E-state index in [-0.39, 0.29) is 18.6 Å². The summed E-state index contributed by atoms with van der Waals surface area (Å²) < 4.78 is 18.8. The zero-order valence-corrected chi connectivity index (χ0v) is 24.7. The van der Waals surface area contributed by atoms with Gasteiger partial charge in [0.05, 0.1) is 51.3 Å². The molecule has 1 aromatic carbocycles. The third-order valence-electron chi connectivity index (χ3n) is 7.05. The predicted octanol–water partition coefficient (Wildman–Crippen LogP) is 6.77. The average molecular weight is 616 g/mol. The summed E-state index contributed by atoms with van der Waals surface area (Å²) in [6, 6.07) is 6.88. The van der Waals surface area contributed by atoms with Gasteiger partial charge >= 0.3 is 0 Å². The molecule has 0 N–H and O–H groups in total. The van der Waals surface area contributed by atoms with Crippen molar-refractivity contribution in [1.82, 2.24) is 30.0 Å². The molecular weight excluding hydrogens is 591 g/mol. The fourth-order valence-corrected chi connectivity index (χ4v) is 6.14. The summed E-state index contributed by atoms with van der Waals surface area (Å²) >= 11 is 18.7. The number of pyridine rings is 1. The highest BCUT2D eigenvalue weighted by molar-refractivity contribution is 6.40. The van der Waals surface area contributed by atoms with E-state index in [2.05, 4.69) is 20.5 Å². The minimum absolute atomic E-state index is 0.130. The molecule has 5 aromatic rings.